The molecule has 0 bridgehead atoms. The van der Waals surface area contributed by atoms with Crippen molar-refractivity contribution in [1.29, 1.82) is 0 Å². The molecule has 4 nitrogen and oxygen atoms in total. The van der Waals surface area contributed by atoms with Crippen molar-refractivity contribution in [1.82, 2.24) is 9.27 Å². The molecule has 1 saturated heterocycles. The molecule has 5 heteroatoms. The van der Waals surface area contributed by atoms with Crippen molar-refractivity contribution in [2.24, 2.45) is 0 Å². The normalized spacial score (nSPS) is 21.8. The van der Waals surface area contributed by atoms with Crippen LogP contribution in [0.2, 0.25) is 0 Å². The van der Waals surface area contributed by atoms with E-state index in [1.54, 1.807) is 6.07 Å². The fraction of sp³-hybridized carbons (Fsp3) is 0.636. The van der Waals surface area contributed by atoms with E-state index in [2.05, 4.69) is 11.3 Å². The van der Waals surface area contributed by atoms with Gasteiger partial charge in [0.1, 0.15) is 5.69 Å². The topological polar surface area (TPSA) is 42.4 Å². The summed E-state index contributed by atoms with van der Waals surface area (Å²) in [4.78, 5) is 13.9. The van der Waals surface area contributed by atoms with E-state index in [0.29, 0.717) is 12.2 Å². The van der Waals surface area contributed by atoms with E-state index < -0.39 is 0 Å². The number of amides is 1. The van der Waals surface area contributed by atoms with Crippen molar-refractivity contribution in [2.45, 2.75) is 25.9 Å². The SMILES string of the molecule is CC[C@@H]1CN(C(=O)c2ccsn2)CCCO1. The first-order chi connectivity index (χ1) is 7.81. The summed E-state index contributed by atoms with van der Waals surface area (Å²) in [6, 6.07) is 1.78. The highest BCUT2D eigenvalue weighted by atomic mass is 32.1. The minimum Gasteiger partial charge on any atom is -0.376 e. The third kappa shape index (κ3) is 2.59. The van der Waals surface area contributed by atoms with Gasteiger partial charge in [-0.25, -0.2) is 0 Å². The van der Waals surface area contributed by atoms with Gasteiger partial charge in [0.2, 0.25) is 0 Å². The Bertz CT molecular complexity index is 340. The lowest BCUT2D eigenvalue weighted by Crippen LogP contribution is -2.36. The van der Waals surface area contributed by atoms with E-state index in [1.807, 2.05) is 10.3 Å². The van der Waals surface area contributed by atoms with Crippen LogP contribution in [-0.2, 0) is 4.74 Å². The van der Waals surface area contributed by atoms with E-state index in [1.165, 1.54) is 11.5 Å². The number of carbonyl (C=O) groups is 1. The molecule has 2 rings (SSSR count). The second-order valence-electron chi connectivity index (χ2n) is 3.89. The number of nitrogens with zero attached hydrogens (tertiary/aromatic N) is 2. The Kier molecular flexibility index (Phi) is 3.90. The molecule has 0 saturated carbocycles. The predicted octanol–water partition coefficient (Wildman–Crippen LogP) is 1.78. The number of ether oxygens (including phenoxy) is 1. The lowest BCUT2D eigenvalue weighted by molar-refractivity contribution is 0.0458. The summed E-state index contributed by atoms with van der Waals surface area (Å²) >= 11 is 1.31. The van der Waals surface area contributed by atoms with Crippen molar-refractivity contribution in [3.63, 3.8) is 0 Å². The summed E-state index contributed by atoms with van der Waals surface area (Å²) < 4.78 is 9.72. The maximum atomic E-state index is 12.1. The van der Waals surface area contributed by atoms with Crippen molar-refractivity contribution >= 4 is 17.4 Å². The molecule has 1 aromatic heterocycles. The average molecular weight is 240 g/mol. The Morgan fingerprint density at radius 3 is 3.31 bits per heavy atom. The van der Waals surface area contributed by atoms with Gasteiger partial charge in [0, 0.05) is 25.1 Å². The highest BCUT2D eigenvalue weighted by Gasteiger charge is 2.23. The lowest BCUT2D eigenvalue weighted by atomic mass is 10.2. The molecule has 16 heavy (non-hydrogen) atoms. The van der Waals surface area contributed by atoms with Crippen LogP contribution < -0.4 is 0 Å². The van der Waals surface area contributed by atoms with Gasteiger partial charge in [0.25, 0.3) is 5.91 Å². The Balaban J connectivity index is 2.04. The minimum absolute atomic E-state index is 0.0326. The zero-order valence-corrected chi connectivity index (χ0v) is 10.2. The lowest BCUT2D eigenvalue weighted by Gasteiger charge is -2.22. The van der Waals surface area contributed by atoms with Gasteiger partial charge in [0.15, 0.2) is 0 Å². The largest absolute Gasteiger partial charge is 0.376 e. The Hall–Kier alpha value is -0.940. The standard InChI is InChI=1S/C11H16N2O2S/c1-2-9-8-13(5-3-6-15-9)11(14)10-4-7-16-12-10/h4,7,9H,2-3,5-6,8H2,1H3/t9-/m1/s1. The zero-order valence-electron chi connectivity index (χ0n) is 9.39. The maximum Gasteiger partial charge on any atom is 0.273 e. The van der Waals surface area contributed by atoms with Crippen LogP contribution in [0.4, 0.5) is 0 Å². The van der Waals surface area contributed by atoms with Gasteiger partial charge in [-0.15, -0.1) is 0 Å². The van der Waals surface area contributed by atoms with E-state index in [9.17, 15) is 4.79 Å². The molecule has 0 spiro atoms. The highest BCUT2D eigenvalue weighted by Crippen LogP contribution is 2.12. The first kappa shape index (κ1) is 11.5. The zero-order chi connectivity index (χ0) is 11.4. The predicted molar refractivity (Wildman–Crippen MR) is 62.7 cm³/mol. The smallest absolute Gasteiger partial charge is 0.273 e. The first-order valence-corrected chi connectivity index (χ1v) is 6.46. The first-order valence-electron chi connectivity index (χ1n) is 5.62. The maximum absolute atomic E-state index is 12.1. The van der Waals surface area contributed by atoms with Gasteiger partial charge in [-0.1, -0.05) is 6.92 Å². The van der Waals surface area contributed by atoms with Crippen LogP contribution in [0.25, 0.3) is 0 Å². The summed E-state index contributed by atoms with van der Waals surface area (Å²) in [5, 5.41) is 1.83. The monoisotopic (exact) mass is 240 g/mol. The van der Waals surface area contributed by atoms with Crippen LogP contribution >= 0.6 is 11.5 Å². The van der Waals surface area contributed by atoms with Crippen LogP contribution in [0.1, 0.15) is 30.3 Å². The molecule has 0 radical (unpaired) electrons. The molecule has 2 heterocycles. The molecule has 88 valence electrons. The van der Waals surface area contributed by atoms with E-state index in [4.69, 9.17) is 4.74 Å². The van der Waals surface area contributed by atoms with Gasteiger partial charge < -0.3 is 9.64 Å². The number of hydrogen-bond acceptors (Lipinski definition) is 4. The number of rotatable bonds is 2. The molecule has 0 unspecified atom stereocenters. The molecule has 0 aromatic carbocycles. The number of aromatic nitrogens is 1. The second-order valence-corrected chi connectivity index (χ2v) is 4.56. The molecule has 1 aliphatic rings. The molecule has 0 N–H and O–H groups in total. The Morgan fingerprint density at radius 2 is 2.62 bits per heavy atom. The summed E-state index contributed by atoms with van der Waals surface area (Å²) in [7, 11) is 0. The molecule has 0 aliphatic carbocycles. The average Bonchev–Trinajstić information content (AvgIpc) is 2.73. The summed E-state index contributed by atoms with van der Waals surface area (Å²) in [6.45, 7) is 4.29. The molecule has 1 aliphatic heterocycles. The number of carbonyl (C=O) groups excluding carboxylic acids is 1. The van der Waals surface area contributed by atoms with Crippen LogP contribution in [0.15, 0.2) is 11.4 Å². The molecule has 1 fully saturated rings. The van der Waals surface area contributed by atoms with Gasteiger partial charge in [-0.05, 0) is 30.4 Å². The van der Waals surface area contributed by atoms with Crippen molar-refractivity contribution in [2.75, 3.05) is 19.7 Å². The highest BCUT2D eigenvalue weighted by molar-refractivity contribution is 7.03. The summed E-state index contributed by atoms with van der Waals surface area (Å²) in [5.74, 6) is 0.0326. The molecular weight excluding hydrogens is 224 g/mol. The molecule has 1 aromatic rings. The second kappa shape index (κ2) is 5.41. The Labute approximate surface area is 99.4 Å². The van der Waals surface area contributed by atoms with Gasteiger partial charge >= 0.3 is 0 Å². The van der Waals surface area contributed by atoms with Crippen molar-refractivity contribution < 1.29 is 9.53 Å². The van der Waals surface area contributed by atoms with E-state index >= 15 is 0 Å². The summed E-state index contributed by atoms with van der Waals surface area (Å²) in [6.07, 6.45) is 2.03. The fourth-order valence-electron chi connectivity index (χ4n) is 1.81. The van der Waals surface area contributed by atoms with Crippen LogP contribution in [0, 0.1) is 0 Å². The molecule has 1 atom stereocenters. The third-order valence-electron chi connectivity index (χ3n) is 2.75. The number of hydrogen-bond donors (Lipinski definition) is 0. The van der Waals surface area contributed by atoms with E-state index in [-0.39, 0.29) is 12.0 Å². The van der Waals surface area contributed by atoms with Gasteiger partial charge in [-0.3, -0.25) is 4.79 Å². The quantitative estimate of drug-likeness (QED) is 0.791. The van der Waals surface area contributed by atoms with Gasteiger partial charge in [0.05, 0.1) is 6.10 Å². The van der Waals surface area contributed by atoms with Crippen LogP contribution in [0.5, 0.6) is 0 Å². The van der Waals surface area contributed by atoms with Gasteiger partial charge in [-0.2, -0.15) is 4.37 Å². The molecule has 1 amide bonds. The molecular formula is C11H16N2O2S. The fourth-order valence-corrected chi connectivity index (χ4v) is 2.31. The van der Waals surface area contributed by atoms with Crippen LogP contribution in [-0.4, -0.2) is 41.0 Å². The summed E-state index contributed by atoms with van der Waals surface area (Å²) in [5.41, 5.74) is 0.557. The van der Waals surface area contributed by atoms with Crippen molar-refractivity contribution in [3.8, 4) is 0 Å². The van der Waals surface area contributed by atoms with Crippen LogP contribution in [0.3, 0.4) is 0 Å². The Morgan fingerprint density at radius 1 is 1.75 bits per heavy atom. The van der Waals surface area contributed by atoms with E-state index in [0.717, 1.165) is 26.0 Å². The van der Waals surface area contributed by atoms with Crippen molar-refractivity contribution in [3.05, 3.63) is 17.1 Å². The third-order valence-corrected chi connectivity index (χ3v) is 3.31. The minimum atomic E-state index is 0.0326.